The number of hydrogen-bond donors (Lipinski definition) is 0. The highest BCUT2D eigenvalue weighted by molar-refractivity contribution is 6.00. The number of pyridine rings is 1. The van der Waals surface area contributed by atoms with Gasteiger partial charge in [-0.2, -0.15) is 0 Å². The Bertz CT molecular complexity index is 1000. The first-order valence-corrected chi connectivity index (χ1v) is 8.19. The second kappa shape index (κ2) is 5.66. The van der Waals surface area contributed by atoms with E-state index in [-0.39, 0.29) is 0 Å². The van der Waals surface area contributed by atoms with Crippen LogP contribution in [-0.4, -0.2) is 26.5 Å². The Kier molecular flexibility index (Phi) is 3.54. The van der Waals surface area contributed by atoms with E-state index in [4.69, 9.17) is 9.47 Å². The molecule has 1 fully saturated rings. The molecule has 0 radical (unpaired) electrons. The van der Waals surface area contributed by atoms with Crippen molar-refractivity contribution >= 4 is 23.0 Å². The molecule has 1 saturated heterocycles. The second-order valence-corrected chi connectivity index (χ2v) is 6.72. The minimum atomic E-state index is -1.28. The van der Waals surface area contributed by atoms with Crippen molar-refractivity contribution in [2.45, 2.75) is 27.1 Å². The molecule has 0 atom stereocenters. The summed E-state index contributed by atoms with van der Waals surface area (Å²) in [6.45, 7) is 4.89. The predicted molar refractivity (Wildman–Crippen MR) is 92.3 cm³/mol. The molecule has 0 N–H and O–H groups in total. The number of fused-ring (bicyclic) bond motifs is 1. The van der Waals surface area contributed by atoms with E-state index in [0.717, 1.165) is 22.5 Å². The van der Waals surface area contributed by atoms with Crippen LogP contribution in [0.1, 0.15) is 31.5 Å². The van der Waals surface area contributed by atoms with Crippen LogP contribution in [0.5, 0.6) is 0 Å². The molecule has 1 aliphatic heterocycles. The monoisotopic (exact) mass is 351 g/mol. The van der Waals surface area contributed by atoms with Crippen LogP contribution < -0.4 is 0 Å². The first kappa shape index (κ1) is 16.3. The maximum absolute atomic E-state index is 12.0. The molecule has 3 heterocycles. The van der Waals surface area contributed by atoms with Crippen LogP contribution in [0, 0.1) is 12.3 Å². The minimum Gasteiger partial charge on any atom is -0.420 e. The van der Waals surface area contributed by atoms with Crippen molar-refractivity contribution in [1.82, 2.24) is 14.5 Å². The molecule has 0 unspecified atom stereocenters. The zero-order valence-electron chi connectivity index (χ0n) is 14.6. The smallest absolute Gasteiger partial charge is 0.326 e. The standard InChI is InChI=1S/C19H17N3O4/c1-11-21-14-10-20-9-8-15(14)22(11)13-6-4-12(5-7-13)16-25-17(23)19(2,3)18(24)26-16/h4-10,16H,1-3H3. The maximum Gasteiger partial charge on any atom is 0.326 e. The number of cyclic esters (lactones) is 2. The van der Waals surface area contributed by atoms with Crippen LogP contribution in [0.4, 0.5) is 0 Å². The van der Waals surface area contributed by atoms with Gasteiger partial charge in [-0.15, -0.1) is 0 Å². The van der Waals surface area contributed by atoms with E-state index in [1.54, 1.807) is 24.5 Å². The molecular formula is C19H17N3O4. The number of esters is 2. The predicted octanol–water partition coefficient (Wildman–Crippen LogP) is 2.85. The molecule has 0 saturated carbocycles. The molecule has 0 amide bonds. The SMILES string of the molecule is Cc1nc2cnccc2n1-c1ccc(C2OC(=O)C(C)(C)C(=O)O2)cc1. The van der Waals surface area contributed by atoms with Crippen molar-refractivity contribution in [2.24, 2.45) is 5.41 Å². The number of carbonyl (C=O) groups excluding carboxylic acids is 2. The summed E-state index contributed by atoms with van der Waals surface area (Å²) in [6.07, 6.45) is 2.41. The fourth-order valence-corrected chi connectivity index (χ4v) is 2.89. The van der Waals surface area contributed by atoms with E-state index in [0.29, 0.717) is 5.56 Å². The van der Waals surface area contributed by atoms with Crippen LogP contribution >= 0.6 is 0 Å². The van der Waals surface area contributed by atoms with Gasteiger partial charge in [0.1, 0.15) is 11.3 Å². The van der Waals surface area contributed by atoms with E-state index in [1.165, 1.54) is 13.8 Å². The molecule has 0 spiro atoms. The summed E-state index contributed by atoms with van der Waals surface area (Å²) in [5.74, 6) is -0.350. The molecule has 3 aromatic rings. The first-order valence-electron chi connectivity index (χ1n) is 8.19. The van der Waals surface area contributed by atoms with Crippen LogP contribution in [-0.2, 0) is 19.1 Å². The topological polar surface area (TPSA) is 83.3 Å². The summed E-state index contributed by atoms with van der Waals surface area (Å²) < 4.78 is 12.5. The Morgan fingerprint density at radius 3 is 2.35 bits per heavy atom. The normalized spacial score (nSPS) is 17.2. The van der Waals surface area contributed by atoms with Gasteiger partial charge >= 0.3 is 11.9 Å². The highest BCUT2D eigenvalue weighted by Crippen LogP contribution is 2.34. The number of aryl methyl sites for hydroxylation is 1. The highest BCUT2D eigenvalue weighted by atomic mass is 16.7. The van der Waals surface area contributed by atoms with Gasteiger partial charge in [0.2, 0.25) is 0 Å². The fraction of sp³-hybridized carbons (Fsp3) is 0.263. The molecular weight excluding hydrogens is 334 g/mol. The van der Waals surface area contributed by atoms with Gasteiger partial charge in [-0.05, 0) is 51.1 Å². The molecule has 1 aromatic carbocycles. The van der Waals surface area contributed by atoms with Crippen LogP contribution in [0.15, 0.2) is 42.7 Å². The van der Waals surface area contributed by atoms with Crippen LogP contribution in [0.3, 0.4) is 0 Å². The molecule has 7 nitrogen and oxygen atoms in total. The number of carbonyl (C=O) groups is 2. The van der Waals surface area contributed by atoms with E-state index in [9.17, 15) is 9.59 Å². The zero-order valence-corrected chi connectivity index (χ0v) is 14.6. The molecule has 4 rings (SSSR count). The average Bonchev–Trinajstić information content (AvgIpc) is 2.95. The Morgan fingerprint density at radius 1 is 1.04 bits per heavy atom. The van der Waals surface area contributed by atoms with E-state index in [1.807, 2.05) is 29.7 Å². The van der Waals surface area contributed by atoms with E-state index >= 15 is 0 Å². The van der Waals surface area contributed by atoms with Gasteiger partial charge in [-0.25, -0.2) is 4.98 Å². The molecule has 0 aliphatic carbocycles. The van der Waals surface area contributed by atoms with Gasteiger partial charge in [0.25, 0.3) is 6.29 Å². The van der Waals surface area contributed by atoms with Crippen LogP contribution in [0.2, 0.25) is 0 Å². The Hall–Kier alpha value is -3.22. The summed E-state index contributed by atoms with van der Waals surface area (Å²) in [7, 11) is 0. The average molecular weight is 351 g/mol. The largest absolute Gasteiger partial charge is 0.420 e. The lowest BCUT2D eigenvalue weighted by Gasteiger charge is -2.31. The summed E-state index contributed by atoms with van der Waals surface area (Å²) in [4.78, 5) is 32.6. The number of nitrogens with zero attached hydrogens (tertiary/aromatic N) is 3. The molecule has 2 aromatic heterocycles. The van der Waals surface area contributed by atoms with Crippen molar-refractivity contribution in [3.05, 3.63) is 54.1 Å². The van der Waals surface area contributed by atoms with Crippen LogP contribution in [0.25, 0.3) is 16.7 Å². The summed E-state index contributed by atoms with van der Waals surface area (Å²) in [6, 6.07) is 9.17. The van der Waals surface area contributed by atoms with Crippen molar-refractivity contribution in [2.75, 3.05) is 0 Å². The third-order valence-corrected chi connectivity index (χ3v) is 4.50. The number of rotatable bonds is 2. The number of benzene rings is 1. The van der Waals surface area contributed by atoms with Gasteiger partial charge < -0.3 is 9.47 Å². The lowest BCUT2D eigenvalue weighted by Crippen LogP contribution is -2.43. The highest BCUT2D eigenvalue weighted by Gasteiger charge is 2.46. The van der Waals surface area contributed by atoms with Gasteiger partial charge in [0.05, 0.1) is 11.7 Å². The molecule has 7 heteroatoms. The summed E-state index contributed by atoms with van der Waals surface area (Å²) >= 11 is 0. The third-order valence-electron chi connectivity index (χ3n) is 4.50. The number of hydrogen-bond acceptors (Lipinski definition) is 6. The van der Waals surface area contributed by atoms with Gasteiger partial charge in [-0.1, -0.05) is 0 Å². The van der Waals surface area contributed by atoms with Gasteiger partial charge in [-0.3, -0.25) is 19.1 Å². The Morgan fingerprint density at radius 2 is 1.69 bits per heavy atom. The molecule has 132 valence electrons. The summed E-state index contributed by atoms with van der Waals surface area (Å²) in [5.41, 5.74) is 1.97. The number of ether oxygens (including phenoxy) is 2. The minimum absolute atomic E-state index is 0.591. The quantitative estimate of drug-likeness (QED) is 0.521. The van der Waals surface area contributed by atoms with Crippen molar-refractivity contribution in [3.8, 4) is 5.69 Å². The maximum atomic E-state index is 12.0. The number of aromatic nitrogens is 3. The van der Waals surface area contributed by atoms with Crippen molar-refractivity contribution in [1.29, 1.82) is 0 Å². The first-order chi connectivity index (χ1) is 12.4. The molecule has 0 bridgehead atoms. The lowest BCUT2D eigenvalue weighted by atomic mass is 9.93. The Balaban J connectivity index is 1.66. The van der Waals surface area contributed by atoms with E-state index in [2.05, 4.69) is 9.97 Å². The second-order valence-electron chi connectivity index (χ2n) is 6.72. The molecule has 26 heavy (non-hydrogen) atoms. The van der Waals surface area contributed by atoms with Gasteiger partial charge in [0, 0.05) is 17.4 Å². The fourth-order valence-electron chi connectivity index (χ4n) is 2.89. The number of imidazole rings is 1. The van der Waals surface area contributed by atoms with Crippen molar-refractivity contribution in [3.63, 3.8) is 0 Å². The van der Waals surface area contributed by atoms with E-state index < -0.39 is 23.6 Å². The Labute approximate surface area is 149 Å². The third kappa shape index (κ3) is 2.44. The van der Waals surface area contributed by atoms with Crippen molar-refractivity contribution < 1.29 is 19.1 Å². The van der Waals surface area contributed by atoms with Gasteiger partial charge in [0.15, 0.2) is 5.41 Å². The zero-order chi connectivity index (χ0) is 18.5. The summed E-state index contributed by atoms with van der Waals surface area (Å²) in [5, 5.41) is 0. The molecule has 1 aliphatic rings. The lowest BCUT2D eigenvalue weighted by molar-refractivity contribution is -0.222.